The van der Waals surface area contributed by atoms with E-state index >= 15 is 0 Å². The fraction of sp³-hybridized carbons (Fsp3) is 0.667. The van der Waals surface area contributed by atoms with Crippen molar-refractivity contribution in [3.63, 3.8) is 0 Å². The number of ether oxygens (including phenoxy) is 2. The van der Waals surface area contributed by atoms with E-state index in [1.165, 1.54) is 13.2 Å². The van der Waals surface area contributed by atoms with Gasteiger partial charge in [0.2, 0.25) is 5.91 Å². The standard InChI is InChI=1S/C9H15NO5S/c1-14-3-4-15-6-9(11)10-8-2-5-16(12,13)7-8/h2,5,8H,3-4,6-7H2,1H3,(H,10,11). The summed E-state index contributed by atoms with van der Waals surface area (Å²) in [6.45, 7) is 0.668. The van der Waals surface area contributed by atoms with E-state index in [1.807, 2.05) is 0 Å². The Morgan fingerprint density at radius 2 is 2.25 bits per heavy atom. The number of hydrogen-bond donors (Lipinski definition) is 1. The predicted molar refractivity (Wildman–Crippen MR) is 57.6 cm³/mol. The zero-order chi connectivity index (χ0) is 12.0. The summed E-state index contributed by atoms with van der Waals surface area (Å²) in [7, 11) is -1.59. The normalized spacial score (nSPS) is 22.2. The quantitative estimate of drug-likeness (QED) is 0.615. The molecule has 0 aliphatic carbocycles. The molecular formula is C9H15NO5S. The van der Waals surface area contributed by atoms with Gasteiger partial charge >= 0.3 is 0 Å². The first-order valence-electron chi connectivity index (χ1n) is 4.80. The van der Waals surface area contributed by atoms with Gasteiger partial charge in [0, 0.05) is 12.5 Å². The highest BCUT2D eigenvalue weighted by Crippen LogP contribution is 2.07. The van der Waals surface area contributed by atoms with Gasteiger partial charge in [0.25, 0.3) is 0 Å². The molecule has 1 heterocycles. The molecule has 16 heavy (non-hydrogen) atoms. The maximum atomic E-state index is 11.3. The van der Waals surface area contributed by atoms with Gasteiger partial charge in [-0.15, -0.1) is 0 Å². The minimum absolute atomic E-state index is 0.0726. The van der Waals surface area contributed by atoms with Gasteiger partial charge in [0.15, 0.2) is 9.84 Å². The molecule has 1 aliphatic rings. The van der Waals surface area contributed by atoms with Crippen molar-refractivity contribution in [3.8, 4) is 0 Å². The van der Waals surface area contributed by atoms with Crippen molar-refractivity contribution >= 4 is 15.7 Å². The van der Waals surface area contributed by atoms with Crippen molar-refractivity contribution in [3.05, 3.63) is 11.5 Å². The first kappa shape index (κ1) is 13.1. The second-order valence-electron chi connectivity index (χ2n) is 3.38. The summed E-state index contributed by atoms with van der Waals surface area (Å²) >= 11 is 0. The molecule has 1 amide bonds. The van der Waals surface area contributed by atoms with Gasteiger partial charge in [-0.25, -0.2) is 8.42 Å². The predicted octanol–water partition coefficient (Wildman–Crippen LogP) is -0.924. The van der Waals surface area contributed by atoms with Crippen molar-refractivity contribution in [1.29, 1.82) is 0 Å². The van der Waals surface area contributed by atoms with Crippen LogP contribution in [0.4, 0.5) is 0 Å². The van der Waals surface area contributed by atoms with Crippen LogP contribution in [0.1, 0.15) is 0 Å². The molecule has 1 atom stereocenters. The molecule has 7 heteroatoms. The molecule has 1 unspecified atom stereocenters. The molecule has 0 saturated heterocycles. The number of rotatable bonds is 6. The molecule has 1 N–H and O–H groups in total. The Morgan fingerprint density at radius 3 is 2.81 bits per heavy atom. The molecule has 0 radical (unpaired) electrons. The largest absolute Gasteiger partial charge is 0.382 e. The van der Waals surface area contributed by atoms with Crippen molar-refractivity contribution in [2.24, 2.45) is 0 Å². The van der Waals surface area contributed by atoms with E-state index in [2.05, 4.69) is 5.32 Å². The van der Waals surface area contributed by atoms with E-state index in [4.69, 9.17) is 9.47 Å². The van der Waals surface area contributed by atoms with Gasteiger partial charge in [-0.3, -0.25) is 4.79 Å². The summed E-state index contributed by atoms with van der Waals surface area (Å²) in [5.74, 6) is -0.403. The first-order valence-corrected chi connectivity index (χ1v) is 6.52. The van der Waals surface area contributed by atoms with Crippen LogP contribution in [0.3, 0.4) is 0 Å². The maximum absolute atomic E-state index is 11.3. The van der Waals surface area contributed by atoms with E-state index < -0.39 is 15.9 Å². The van der Waals surface area contributed by atoms with Crippen molar-refractivity contribution in [2.45, 2.75) is 6.04 Å². The summed E-state index contributed by atoms with van der Waals surface area (Å²) < 4.78 is 31.8. The second-order valence-corrected chi connectivity index (χ2v) is 5.31. The number of hydrogen-bond acceptors (Lipinski definition) is 5. The lowest BCUT2D eigenvalue weighted by Crippen LogP contribution is -2.37. The highest BCUT2D eigenvalue weighted by Gasteiger charge is 2.22. The lowest BCUT2D eigenvalue weighted by atomic mass is 10.3. The van der Waals surface area contributed by atoms with Crippen LogP contribution in [-0.2, 0) is 24.1 Å². The second kappa shape index (κ2) is 5.97. The molecule has 92 valence electrons. The number of methoxy groups -OCH3 is 1. The third-order valence-corrected chi connectivity index (χ3v) is 3.34. The minimum atomic E-state index is -3.13. The van der Waals surface area contributed by atoms with E-state index in [-0.39, 0.29) is 18.3 Å². The van der Waals surface area contributed by atoms with E-state index in [0.29, 0.717) is 13.2 Å². The molecule has 1 aliphatic heterocycles. The zero-order valence-electron chi connectivity index (χ0n) is 9.01. The van der Waals surface area contributed by atoms with Crippen LogP contribution < -0.4 is 5.32 Å². The van der Waals surface area contributed by atoms with E-state index in [9.17, 15) is 13.2 Å². The smallest absolute Gasteiger partial charge is 0.246 e. The number of nitrogens with one attached hydrogen (secondary N) is 1. The summed E-state index contributed by atoms with van der Waals surface area (Å²) in [5.41, 5.74) is 0. The third-order valence-electron chi connectivity index (χ3n) is 1.94. The zero-order valence-corrected chi connectivity index (χ0v) is 9.83. The highest BCUT2D eigenvalue weighted by molar-refractivity contribution is 7.94. The maximum Gasteiger partial charge on any atom is 0.246 e. The Balaban J connectivity index is 2.18. The average Bonchev–Trinajstić information content (AvgIpc) is 2.53. The highest BCUT2D eigenvalue weighted by atomic mass is 32.2. The van der Waals surface area contributed by atoms with Crippen LogP contribution in [0.15, 0.2) is 11.5 Å². The Labute approximate surface area is 94.5 Å². The van der Waals surface area contributed by atoms with E-state index in [1.54, 1.807) is 0 Å². The fourth-order valence-corrected chi connectivity index (χ4v) is 2.46. The molecule has 0 aromatic carbocycles. The van der Waals surface area contributed by atoms with Crippen LogP contribution in [0.25, 0.3) is 0 Å². The summed E-state index contributed by atoms with van der Waals surface area (Å²) in [6.07, 6.45) is 1.46. The molecule has 6 nitrogen and oxygen atoms in total. The third kappa shape index (κ3) is 4.73. The van der Waals surface area contributed by atoms with Crippen molar-refractivity contribution in [2.75, 3.05) is 32.7 Å². The lowest BCUT2D eigenvalue weighted by Gasteiger charge is -2.09. The van der Waals surface area contributed by atoms with Crippen molar-refractivity contribution in [1.82, 2.24) is 5.32 Å². The van der Waals surface area contributed by atoms with Gasteiger partial charge in [-0.05, 0) is 6.08 Å². The Bertz CT molecular complexity index is 362. The summed E-state index contributed by atoms with van der Waals surface area (Å²) in [5, 5.41) is 3.66. The number of carbonyl (C=O) groups is 1. The van der Waals surface area contributed by atoms with Gasteiger partial charge < -0.3 is 14.8 Å². The van der Waals surface area contributed by atoms with Gasteiger partial charge in [-0.1, -0.05) is 0 Å². The number of amides is 1. The van der Waals surface area contributed by atoms with Gasteiger partial charge in [0.05, 0.1) is 25.0 Å². The molecule has 0 aromatic rings. The van der Waals surface area contributed by atoms with Crippen LogP contribution in [0.5, 0.6) is 0 Å². The van der Waals surface area contributed by atoms with E-state index in [0.717, 1.165) is 5.41 Å². The number of sulfone groups is 1. The Morgan fingerprint density at radius 1 is 1.50 bits per heavy atom. The van der Waals surface area contributed by atoms with Crippen molar-refractivity contribution < 1.29 is 22.7 Å². The minimum Gasteiger partial charge on any atom is -0.382 e. The van der Waals surface area contributed by atoms with Crippen LogP contribution in [0, 0.1) is 0 Å². The first-order chi connectivity index (χ1) is 7.53. The monoisotopic (exact) mass is 249 g/mol. The fourth-order valence-electron chi connectivity index (χ4n) is 1.22. The van der Waals surface area contributed by atoms with Gasteiger partial charge in [-0.2, -0.15) is 0 Å². The average molecular weight is 249 g/mol. The molecular weight excluding hydrogens is 234 g/mol. The summed E-state index contributed by atoms with van der Waals surface area (Å²) in [4.78, 5) is 11.3. The summed E-state index contributed by atoms with van der Waals surface area (Å²) in [6, 6.07) is -0.441. The molecule has 0 spiro atoms. The Hall–Kier alpha value is -0.920. The van der Waals surface area contributed by atoms with Crippen LogP contribution in [-0.4, -0.2) is 53.1 Å². The molecule has 0 aromatic heterocycles. The molecule has 0 bridgehead atoms. The molecule has 0 fully saturated rings. The topological polar surface area (TPSA) is 81.7 Å². The van der Waals surface area contributed by atoms with Crippen LogP contribution in [0.2, 0.25) is 0 Å². The van der Waals surface area contributed by atoms with Gasteiger partial charge in [0.1, 0.15) is 6.61 Å². The Kier molecular flexibility index (Phi) is 4.91. The number of carbonyl (C=O) groups excluding carboxylic acids is 1. The molecule has 0 saturated carbocycles. The van der Waals surface area contributed by atoms with Crippen LogP contribution >= 0.6 is 0 Å². The lowest BCUT2D eigenvalue weighted by molar-refractivity contribution is -0.126. The molecule has 1 rings (SSSR count). The SMILES string of the molecule is COCCOCC(=O)NC1C=CS(=O)(=O)C1.